The van der Waals surface area contributed by atoms with Crippen molar-refractivity contribution in [3.8, 4) is 0 Å². The van der Waals surface area contributed by atoms with Gasteiger partial charge in [0.1, 0.15) is 17.2 Å². The lowest BCUT2D eigenvalue weighted by atomic mass is 10.1. The number of rotatable bonds is 5. The lowest BCUT2D eigenvalue weighted by Crippen LogP contribution is -2.30. The van der Waals surface area contributed by atoms with E-state index in [1.54, 1.807) is 24.3 Å². The number of carbonyl (C=O) groups excluding carboxylic acids is 1. The van der Waals surface area contributed by atoms with Crippen LogP contribution in [-0.2, 0) is 19.3 Å². The average Bonchev–Trinajstić information content (AvgIpc) is 3.26. The molecule has 0 aliphatic carbocycles. The summed E-state index contributed by atoms with van der Waals surface area (Å²) in [6.45, 7) is 1.67. The van der Waals surface area contributed by atoms with Crippen LogP contribution in [0.15, 0.2) is 57.8 Å². The molecule has 0 aliphatic heterocycles. The molecule has 0 aliphatic rings. The number of halogens is 3. The van der Waals surface area contributed by atoms with Gasteiger partial charge in [0.25, 0.3) is 5.91 Å². The van der Waals surface area contributed by atoms with Gasteiger partial charge in [-0.1, -0.05) is 0 Å². The molecular formula is C18H15F3N2O3. The molecule has 3 aromatic rings. The van der Waals surface area contributed by atoms with Crippen LogP contribution in [0.5, 0.6) is 0 Å². The van der Waals surface area contributed by atoms with E-state index < -0.39 is 17.8 Å². The fourth-order valence-electron chi connectivity index (χ4n) is 2.50. The molecule has 3 rings (SSSR count). The molecule has 136 valence electrons. The van der Waals surface area contributed by atoms with E-state index in [4.69, 9.17) is 8.83 Å². The second-order valence-corrected chi connectivity index (χ2v) is 5.65. The van der Waals surface area contributed by atoms with E-state index in [1.807, 2.05) is 0 Å². The molecule has 1 amide bonds. The predicted octanol–water partition coefficient (Wildman–Crippen LogP) is 4.44. The van der Waals surface area contributed by atoms with E-state index in [-0.39, 0.29) is 24.3 Å². The number of hydrogen-bond acceptors (Lipinski definition) is 4. The molecular weight excluding hydrogens is 349 g/mol. The molecule has 0 unspecified atom stereocenters. The van der Waals surface area contributed by atoms with Gasteiger partial charge >= 0.3 is 6.18 Å². The second kappa shape index (κ2) is 7.07. The molecule has 0 saturated heterocycles. The van der Waals surface area contributed by atoms with Gasteiger partial charge in [0.05, 0.1) is 36.9 Å². The predicted molar refractivity (Wildman–Crippen MR) is 85.0 cm³/mol. The fourth-order valence-corrected chi connectivity index (χ4v) is 2.50. The van der Waals surface area contributed by atoms with Crippen LogP contribution in [-0.4, -0.2) is 15.8 Å². The topological polar surface area (TPSA) is 59.5 Å². The molecule has 8 heteroatoms. The van der Waals surface area contributed by atoms with Gasteiger partial charge in [0, 0.05) is 0 Å². The summed E-state index contributed by atoms with van der Waals surface area (Å²) < 4.78 is 48.9. The minimum atomic E-state index is -4.56. The lowest BCUT2D eigenvalue weighted by Gasteiger charge is -2.21. The molecule has 0 spiro atoms. The number of hydrogen-bond donors (Lipinski definition) is 0. The monoisotopic (exact) mass is 364 g/mol. The molecule has 0 atom stereocenters. The standard InChI is InChI=1S/C18H15F3N2O3/c1-12-15(6-7-16(22-12)18(19,20)21)17(24)23(10-13-4-2-8-25-13)11-14-5-3-9-26-14/h2-9H,10-11H2,1H3. The molecule has 3 heterocycles. The SMILES string of the molecule is Cc1nc(C(F)(F)F)ccc1C(=O)N(Cc1ccco1)Cc1ccco1. The van der Waals surface area contributed by atoms with Gasteiger partial charge in [-0.25, -0.2) is 4.98 Å². The summed E-state index contributed by atoms with van der Waals surface area (Å²) in [6, 6.07) is 8.75. The maximum absolute atomic E-state index is 12.9. The van der Waals surface area contributed by atoms with Crippen LogP contribution < -0.4 is 0 Å². The molecule has 0 bridgehead atoms. The normalized spacial score (nSPS) is 11.5. The Hall–Kier alpha value is -3.03. The first-order valence-corrected chi connectivity index (χ1v) is 7.73. The van der Waals surface area contributed by atoms with Gasteiger partial charge in [0.15, 0.2) is 0 Å². The molecule has 3 aromatic heterocycles. The third-order valence-electron chi connectivity index (χ3n) is 3.75. The Morgan fingerprint density at radius 3 is 2.04 bits per heavy atom. The molecule has 0 saturated carbocycles. The Balaban J connectivity index is 1.89. The van der Waals surface area contributed by atoms with Crippen molar-refractivity contribution >= 4 is 5.91 Å². The highest BCUT2D eigenvalue weighted by Gasteiger charge is 2.33. The van der Waals surface area contributed by atoms with Crippen molar-refractivity contribution in [3.05, 3.63) is 77.4 Å². The highest BCUT2D eigenvalue weighted by molar-refractivity contribution is 5.95. The summed E-state index contributed by atoms with van der Waals surface area (Å²) in [5, 5.41) is 0. The van der Waals surface area contributed by atoms with E-state index in [2.05, 4.69) is 4.98 Å². The second-order valence-electron chi connectivity index (χ2n) is 5.65. The molecule has 0 fully saturated rings. The third-order valence-corrected chi connectivity index (χ3v) is 3.75. The van der Waals surface area contributed by atoms with E-state index in [1.165, 1.54) is 24.3 Å². The largest absolute Gasteiger partial charge is 0.467 e. The van der Waals surface area contributed by atoms with Gasteiger partial charge < -0.3 is 13.7 Å². The highest BCUT2D eigenvalue weighted by atomic mass is 19.4. The van der Waals surface area contributed by atoms with Crippen molar-refractivity contribution in [3.63, 3.8) is 0 Å². The van der Waals surface area contributed by atoms with E-state index in [9.17, 15) is 18.0 Å². The number of nitrogens with zero attached hydrogens (tertiary/aromatic N) is 2. The Morgan fingerprint density at radius 1 is 1.04 bits per heavy atom. The lowest BCUT2D eigenvalue weighted by molar-refractivity contribution is -0.141. The van der Waals surface area contributed by atoms with Gasteiger partial charge in [-0.15, -0.1) is 0 Å². The maximum atomic E-state index is 12.9. The first-order valence-electron chi connectivity index (χ1n) is 7.73. The number of aromatic nitrogens is 1. The molecule has 26 heavy (non-hydrogen) atoms. The number of alkyl halides is 3. The Morgan fingerprint density at radius 2 is 1.62 bits per heavy atom. The first kappa shape index (κ1) is 17.8. The van der Waals surface area contributed by atoms with Crippen molar-refractivity contribution < 1.29 is 26.8 Å². The molecule has 0 radical (unpaired) electrons. The zero-order valence-electron chi connectivity index (χ0n) is 13.8. The van der Waals surface area contributed by atoms with Gasteiger partial charge in [-0.05, 0) is 43.3 Å². The van der Waals surface area contributed by atoms with Crippen LogP contribution >= 0.6 is 0 Å². The number of aryl methyl sites for hydroxylation is 1. The van der Waals surface area contributed by atoms with Crippen LogP contribution in [0, 0.1) is 6.92 Å². The number of carbonyl (C=O) groups is 1. The summed E-state index contributed by atoms with van der Waals surface area (Å²) >= 11 is 0. The number of furan rings is 2. The van der Waals surface area contributed by atoms with Gasteiger partial charge in [-0.3, -0.25) is 4.79 Å². The van der Waals surface area contributed by atoms with Crippen LogP contribution in [0.2, 0.25) is 0 Å². The summed E-state index contributed by atoms with van der Waals surface area (Å²) in [5.74, 6) is 0.626. The molecule has 0 N–H and O–H groups in total. The minimum absolute atomic E-state index is 0.00807. The van der Waals surface area contributed by atoms with Gasteiger partial charge in [-0.2, -0.15) is 13.2 Å². The zero-order valence-corrected chi connectivity index (χ0v) is 13.8. The van der Waals surface area contributed by atoms with Crippen LogP contribution in [0.25, 0.3) is 0 Å². The maximum Gasteiger partial charge on any atom is 0.433 e. The minimum Gasteiger partial charge on any atom is -0.467 e. The third kappa shape index (κ3) is 3.96. The first-order chi connectivity index (χ1) is 12.3. The van der Waals surface area contributed by atoms with Crippen molar-refractivity contribution in [1.29, 1.82) is 0 Å². The number of pyridine rings is 1. The van der Waals surface area contributed by atoms with Crippen LogP contribution in [0.4, 0.5) is 13.2 Å². The van der Waals surface area contributed by atoms with E-state index in [0.29, 0.717) is 11.5 Å². The van der Waals surface area contributed by atoms with Crippen molar-refractivity contribution in [1.82, 2.24) is 9.88 Å². The van der Waals surface area contributed by atoms with E-state index in [0.717, 1.165) is 12.1 Å². The van der Waals surface area contributed by atoms with E-state index >= 15 is 0 Å². The number of amides is 1. The quantitative estimate of drug-likeness (QED) is 0.672. The Labute approximate surface area is 147 Å². The van der Waals surface area contributed by atoms with Crippen molar-refractivity contribution in [2.45, 2.75) is 26.2 Å². The zero-order chi connectivity index (χ0) is 18.7. The molecule has 5 nitrogen and oxygen atoms in total. The summed E-state index contributed by atoms with van der Waals surface area (Å²) in [4.78, 5) is 17.8. The van der Waals surface area contributed by atoms with Gasteiger partial charge in [0.2, 0.25) is 0 Å². The van der Waals surface area contributed by atoms with Crippen LogP contribution in [0.3, 0.4) is 0 Å². The summed E-state index contributed by atoms with van der Waals surface area (Å²) in [5.41, 5.74) is -0.931. The average molecular weight is 364 g/mol. The van der Waals surface area contributed by atoms with Crippen molar-refractivity contribution in [2.75, 3.05) is 0 Å². The molecule has 0 aromatic carbocycles. The summed E-state index contributed by atoms with van der Waals surface area (Å²) in [7, 11) is 0. The van der Waals surface area contributed by atoms with Crippen molar-refractivity contribution in [2.24, 2.45) is 0 Å². The van der Waals surface area contributed by atoms with Crippen LogP contribution in [0.1, 0.15) is 33.3 Å². The highest BCUT2D eigenvalue weighted by Crippen LogP contribution is 2.28. The fraction of sp³-hybridized carbons (Fsp3) is 0.222. The Kier molecular flexibility index (Phi) is 4.83. The smallest absolute Gasteiger partial charge is 0.433 e. The Bertz CT molecular complexity index is 835. The summed E-state index contributed by atoms with van der Waals surface area (Å²) in [6.07, 6.45) is -1.60.